The van der Waals surface area contributed by atoms with Crippen molar-refractivity contribution in [3.05, 3.63) is 12.2 Å². The highest BCUT2D eigenvalue weighted by atomic mass is 16.6. The number of ether oxygens (including phenoxy) is 1. The van der Waals surface area contributed by atoms with Crippen molar-refractivity contribution in [2.75, 3.05) is 0 Å². The highest BCUT2D eigenvalue weighted by Crippen LogP contribution is 2.60. The number of hydrogen-bond donors (Lipinski definition) is 0. The van der Waals surface area contributed by atoms with Crippen molar-refractivity contribution in [1.29, 1.82) is 0 Å². The fraction of sp³-hybridized carbons (Fsp3) is 0.733. The second-order valence-electron chi connectivity index (χ2n) is 6.87. The Balaban J connectivity index is 1.89. The van der Waals surface area contributed by atoms with E-state index in [-0.39, 0.29) is 22.9 Å². The van der Waals surface area contributed by atoms with E-state index in [9.17, 15) is 9.59 Å². The molecule has 0 aromatic carbocycles. The smallest absolute Gasteiger partial charge is 0.333 e. The Morgan fingerprint density at radius 2 is 2.11 bits per heavy atom. The first-order chi connectivity index (χ1) is 8.34. The molecule has 0 N–H and O–H groups in total. The van der Waals surface area contributed by atoms with Gasteiger partial charge in [0.25, 0.3) is 0 Å². The van der Waals surface area contributed by atoms with Crippen LogP contribution < -0.4 is 0 Å². The van der Waals surface area contributed by atoms with Crippen LogP contribution in [0, 0.1) is 17.3 Å². The van der Waals surface area contributed by atoms with Gasteiger partial charge in [0.1, 0.15) is 11.4 Å². The quantitative estimate of drug-likeness (QED) is 0.557. The van der Waals surface area contributed by atoms with Gasteiger partial charge in [-0.05, 0) is 44.9 Å². The number of carbonyl (C=O) groups excluding carboxylic acids is 2. The Morgan fingerprint density at radius 1 is 1.39 bits per heavy atom. The monoisotopic (exact) mass is 248 g/mol. The summed E-state index contributed by atoms with van der Waals surface area (Å²) in [5.41, 5.74) is -0.188. The van der Waals surface area contributed by atoms with Crippen LogP contribution in [0.25, 0.3) is 0 Å². The molecule has 4 bridgehead atoms. The molecule has 0 aromatic rings. The van der Waals surface area contributed by atoms with Crippen molar-refractivity contribution in [2.24, 2.45) is 17.3 Å². The van der Waals surface area contributed by atoms with Crippen LogP contribution in [0.1, 0.15) is 46.0 Å². The summed E-state index contributed by atoms with van der Waals surface area (Å²) in [6.07, 6.45) is 4.36. The Morgan fingerprint density at radius 3 is 2.72 bits per heavy atom. The highest BCUT2D eigenvalue weighted by molar-refractivity contribution is 5.90. The van der Waals surface area contributed by atoms with E-state index in [0.29, 0.717) is 23.7 Å². The van der Waals surface area contributed by atoms with Crippen molar-refractivity contribution in [1.82, 2.24) is 0 Å². The molecule has 18 heavy (non-hydrogen) atoms. The molecule has 0 aromatic heterocycles. The topological polar surface area (TPSA) is 43.4 Å². The number of ketones is 1. The fourth-order valence-corrected chi connectivity index (χ4v) is 4.63. The third-order valence-electron chi connectivity index (χ3n) is 4.97. The largest absolute Gasteiger partial charge is 0.456 e. The zero-order valence-electron chi connectivity index (χ0n) is 11.1. The first kappa shape index (κ1) is 11.9. The molecule has 98 valence electrons. The number of carbonyl (C=O) groups is 2. The van der Waals surface area contributed by atoms with Gasteiger partial charge in [0, 0.05) is 16.9 Å². The fourth-order valence-electron chi connectivity index (χ4n) is 4.63. The average molecular weight is 248 g/mol. The lowest BCUT2D eigenvalue weighted by Gasteiger charge is -2.58. The molecule has 4 rings (SSSR count). The Kier molecular flexibility index (Phi) is 2.30. The van der Waals surface area contributed by atoms with E-state index in [4.69, 9.17) is 4.74 Å². The van der Waals surface area contributed by atoms with Crippen molar-refractivity contribution in [3.8, 4) is 0 Å². The highest BCUT2D eigenvalue weighted by Gasteiger charge is 2.62. The molecule has 4 aliphatic rings. The van der Waals surface area contributed by atoms with Crippen molar-refractivity contribution in [2.45, 2.75) is 51.6 Å². The number of rotatable bonds is 2. The second kappa shape index (κ2) is 3.46. The van der Waals surface area contributed by atoms with Crippen LogP contribution in [-0.4, -0.2) is 17.4 Å². The number of Topliss-reactive ketones (excluding diaryl/α,β-unsaturated/α-hetero) is 1. The molecule has 0 amide bonds. The summed E-state index contributed by atoms with van der Waals surface area (Å²) in [6.45, 7) is 7.37. The average Bonchev–Trinajstić information content (AvgIpc) is 2.23. The summed E-state index contributed by atoms with van der Waals surface area (Å²) in [6, 6.07) is 0. The van der Waals surface area contributed by atoms with Crippen LogP contribution in [0.15, 0.2) is 12.2 Å². The molecule has 3 heteroatoms. The maximum atomic E-state index is 12.3. The minimum Gasteiger partial charge on any atom is -0.456 e. The third-order valence-corrected chi connectivity index (χ3v) is 4.97. The van der Waals surface area contributed by atoms with Crippen molar-refractivity contribution >= 4 is 11.8 Å². The van der Waals surface area contributed by atoms with Crippen LogP contribution >= 0.6 is 0 Å². The van der Waals surface area contributed by atoms with E-state index in [1.807, 2.05) is 0 Å². The van der Waals surface area contributed by atoms with Gasteiger partial charge < -0.3 is 4.74 Å². The second-order valence-corrected chi connectivity index (χ2v) is 6.87. The maximum absolute atomic E-state index is 12.3. The zero-order valence-corrected chi connectivity index (χ0v) is 11.1. The molecule has 4 saturated carbocycles. The van der Waals surface area contributed by atoms with E-state index >= 15 is 0 Å². The molecule has 0 heterocycles. The van der Waals surface area contributed by atoms with E-state index in [2.05, 4.69) is 13.5 Å². The van der Waals surface area contributed by atoms with Gasteiger partial charge in [-0.3, -0.25) is 4.79 Å². The summed E-state index contributed by atoms with van der Waals surface area (Å²) < 4.78 is 5.73. The molecular formula is C15H20O3. The van der Waals surface area contributed by atoms with Gasteiger partial charge in [0.05, 0.1) is 0 Å². The van der Waals surface area contributed by atoms with Crippen molar-refractivity contribution < 1.29 is 14.3 Å². The van der Waals surface area contributed by atoms with E-state index < -0.39 is 0 Å². The summed E-state index contributed by atoms with van der Waals surface area (Å²) in [5, 5.41) is 0. The maximum Gasteiger partial charge on any atom is 0.333 e. The Hall–Kier alpha value is -1.12. The number of esters is 1. The van der Waals surface area contributed by atoms with Crippen LogP contribution in [0.5, 0.6) is 0 Å². The SMILES string of the molecule is C=C(C)C(=O)OC12CC3CC(C1)C(=O)C(C)(C3)C2. The molecule has 4 aliphatic carbocycles. The van der Waals surface area contributed by atoms with Gasteiger partial charge in [0.15, 0.2) is 0 Å². The predicted molar refractivity (Wildman–Crippen MR) is 66.8 cm³/mol. The first-order valence-electron chi connectivity index (χ1n) is 6.77. The summed E-state index contributed by atoms with van der Waals surface area (Å²) in [7, 11) is 0. The molecule has 0 radical (unpaired) electrons. The minimum atomic E-state index is -0.384. The zero-order chi connectivity index (χ0) is 13.1. The van der Waals surface area contributed by atoms with Crippen LogP contribution in [-0.2, 0) is 14.3 Å². The lowest BCUT2D eigenvalue weighted by Crippen LogP contribution is -2.61. The molecule has 0 saturated heterocycles. The molecule has 4 unspecified atom stereocenters. The van der Waals surface area contributed by atoms with Gasteiger partial charge in [0.2, 0.25) is 0 Å². The normalized spacial score (nSPS) is 45.1. The Bertz CT molecular complexity index is 453. The molecular weight excluding hydrogens is 228 g/mol. The minimum absolute atomic E-state index is 0.120. The number of hydrogen-bond acceptors (Lipinski definition) is 3. The predicted octanol–water partition coefficient (Wildman–Crippen LogP) is 2.64. The lowest BCUT2D eigenvalue weighted by molar-refractivity contribution is -0.197. The third kappa shape index (κ3) is 1.56. The first-order valence-corrected chi connectivity index (χ1v) is 6.77. The molecule has 0 spiro atoms. The summed E-state index contributed by atoms with van der Waals surface area (Å²) in [5.74, 6) is 0.778. The van der Waals surface area contributed by atoms with E-state index in [1.165, 1.54) is 0 Å². The molecule has 3 nitrogen and oxygen atoms in total. The van der Waals surface area contributed by atoms with Gasteiger partial charge in [-0.1, -0.05) is 13.5 Å². The van der Waals surface area contributed by atoms with Gasteiger partial charge in [-0.15, -0.1) is 0 Å². The molecule has 0 aliphatic heterocycles. The summed E-state index contributed by atoms with van der Waals surface area (Å²) in [4.78, 5) is 24.1. The van der Waals surface area contributed by atoms with Gasteiger partial charge in [-0.25, -0.2) is 4.79 Å². The van der Waals surface area contributed by atoms with Gasteiger partial charge in [-0.2, -0.15) is 0 Å². The van der Waals surface area contributed by atoms with Crippen LogP contribution in [0.4, 0.5) is 0 Å². The lowest BCUT2D eigenvalue weighted by atomic mass is 9.48. The molecule has 4 fully saturated rings. The van der Waals surface area contributed by atoms with E-state index in [1.54, 1.807) is 6.92 Å². The van der Waals surface area contributed by atoms with Gasteiger partial charge >= 0.3 is 5.97 Å². The summed E-state index contributed by atoms with van der Waals surface area (Å²) >= 11 is 0. The van der Waals surface area contributed by atoms with Crippen molar-refractivity contribution in [3.63, 3.8) is 0 Å². The van der Waals surface area contributed by atoms with Crippen LogP contribution in [0.2, 0.25) is 0 Å². The Labute approximate surface area is 108 Å². The van der Waals surface area contributed by atoms with E-state index in [0.717, 1.165) is 25.7 Å². The molecule has 4 atom stereocenters. The standard InChI is InChI=1S/C15H20O3/c1-9(2)13(17)18-15-6-10-4-11(7-15)12(16)14(3,5-10)8-15/h10-11H,1,4-8H2,2-3H3. The van der Waals surface area contributed by atoms with Crippen LogP contribution in [0.3, 0.4) is 0 Å².